The summed E-state index contributed by atoms with van der Waals surface area (Å²) in [5, 5.41) is 3.35. The predicted molar refractivity (Wildman–Crippen MR) is 84.1 cm³/mol. The van der Waals surface area contributed by atoms with E-state index in [2.05, 4.69) is 10.3 Å². The normalized spacial score (nSPS) is 15.5. The zero-order valence-corrected chi connectivity index (χ0v) is 12.3. The SMILES string of the molecule is NC(=O)c1ccccc1Oc1ccnc(C2CCNCC2)c1. The Hall–Kier alpha value is -2.40. The van der Waals surface area contributed by atoms with Crippen molar-refractivity contribution in [1.29, 1.82) is 0 Å². The Morgan fingerprint density at radius 1 is 1.23 bits per heavy atom. The van der Waals surface area contributed by atoms with Crippen LogP contribution in [0.2, 0.25) is 0 Å². The van der Waals surface area contributed by atoms with E-state index in [1.165, 1.54) is 0 Å². The number of hydrogen-bond acceptors (Lipinski definition) is 4. The van der Waals surface area contributed by atoms with Gasteiger partial charge < -0.3 is 15.8 Å². The third-order valence-corrected chi connectivity index (χ3v) is 3.89. The molecule has 1 fully saturated rings. The van der Waals surface area contributed by atoms with Gasteiger partial charge in [-0.05, 0) is 44.1 Å². The Kier molecular flexibility index (Phi) is 4.34. The lowest BCUT2D eigenvalue weighted by molar-refractivity contribution is 0.0998. The number of amides is 1. The van der Waals surface area contributed by atoms with Gasteiger partial charge in [-0.2, -0.15) is 0 Å². The molecule has 1 aromatic heterocycles. The molecule has 114 valence electrons. The maximum absolute atomic E-state index is 11.4. The predicted octanol–water partition coefficient (Wildman–Crippen LogP) is 2.44. The summed E-state index contributed by atoms with van der Waals surface area (Å²) in [5.41, 5.74) is 6.79. The molecular weight excluding hydrogens is 278 g/mol. The second-order valence-electron chi connectivity index (χ2n) is 5.40. The van der Waals surface area contributed by atoms with Gasteiger partial charge in [0, 0.05) is 23.9 Å². The first kappa shape index (κ1) is 14.5. The van der Waals surface area contributed by atoms with Crippen molar-refractivity contribution in [3.05, 3.63) is 53.9 Å². The Balaban J connectivity index is 1.82. The summed E-state index contributed by atoms with van der Waals surface area (Å²) < 4.78 is 5.85. The summed E-state index contributed by atoms with van der Waals surface area (Å²) in [7, 11) is 0. The summed E-state index contributed by atoms with van der Waals surface area (Å²) in [6, 6.07) is 10.7. The lowest BCUT2D eigenvalue weighted by Gasteiger charge is -2.22. The van der Waals surface area contributed by atoms with Crippen molar-refractivity contribution in [3.8, 4) is 11.5 Å². The van der Waals surface area contributed by atoms with Crippen molar-refractivity contribution in [2.75, 3.05) is 13.1 Å². The number of nitrogens with one attached hydrogen (secondary N) is 1. The number of benzene rings is 1. The summed E-state index contributed by atoms with van der Waals surface area (Å²) in [6.07, 6.45) is 3.90. The smallest absolute Gasteiger partial charge is 0.252 e. The van der Waals surface area contributed by atoms with E-state index in [0.717, 1.165) is 31.6 Å². The van der Waals surface area contributed by atoms with Crippen LogP contribution in [-0.4, -0.2) is 24.0 Å². The number of nitrogens with two attached hydrogens (primary N) is 1. The van der Waals surface area contributed by atoms with Gasteiger partial charge in [0.2, 0.25) is 0 Å². The average Bonchev–Trinajstić information content (AvgIpc) is 2.56. The zero-order valence-electron chi connectivity index (χ0n) is 12.3. The van der Waals surface area contributed by atoms with Gasteiger partial charge >= 0.3 is 0 Å². The molecule has 0 bridgehead atoms. The van der Waals surface area contributed by atoms with E-state index >= 15 is 0 Å². The number of ether oxygens (including phenoxy) is 1. The fourth-order valence-electron chi connectivity index (χ4n) is 2.72. The van der Waals surface area contributed by atoms with Crippen molar-refractivity contribution >= 4 is 5.91 Å². The van der Waals surface area contributed by atoms with Gasteiger partial charge in [0.05, 0.1) is 5.56 Å². The quantitative estimate of drug-likeness (QED) is 0.908. The third kappa shape index (κ3) is 3.26. The first-order valence-corrected chi connectivity index (χ1v) is 7.47. The van der Waals surface area contributed by atoms with Crippen LogP contribution in [0.15, 0.2) is 42.6 Å². The van der Waals surface area contributed by atoms with Gasteiger partial charge in [0.25, 0.3) is 5.91 Å². The van der Waals surface area contributed by atoms with Crippen LogP contribution in [0.25, 0.3) is 0 Å². The molecule has 0 atom stereocenters. The van der Waals surface area contributed by atoms with Crippen LogP contribution < -0.4 is 15.8 Å². The standard InChI is InChI=1S/C17H19N3O2/c18-17(21)14-3-1-2-4-16(14)22-13-7-10-20-15(11-13)12-5-8-19-9-6-12/h1-4,7,10-12,19H,5-6,8-9H2,(H2,18,21). The number of primary amides is 1. The van der Waals surface area contributed by atoms with Crippen LogP contribution in [0.3, 0.4) is 0 Å². The van der Waals surface area contributed by atoms with E-state index in [1.54, 1.807) is 30.5 Å². The van der Waals surface area contributed by atoms with E-state index in [0.29, 0.717) is 23.0 Å². The topological polar surface area (TPSA) is 77.2 Å². The molecule has 2 heterocycles. The first-order chi connectivity index (χ1) is 10.7. The molecular formula is C17H19N3O2. The van der Waals surface area contributed by atoms with E-state index in [1.807, 2.05) is 12.1 Å². The van der Waals surface area contributed by atoms with Crippen LogP contribution in [0.1, 0.15) is 34.8 Å². The lowest BCUT2D eigenvalue weighted by Crippen LogP contribution is -2.27. The molecule has 22 heavy (non-hydrogen) atoms. The number of rotatable bonds is 4. The van der Waals surface area contributed by atoms with Gasteiger partial charge in [-0.15, -0.1) is 0 Å². The molecule has 2 aromatic rings. The zero-order chi connectivity index (χ0) is 15.4. The average molecular weight is 297 g/mol. The molecule has 1 aliphatic rings. The molecule has 1 aromatic carbocycles. The Labute approximate surface area is 129 Å². The highest BCUT2D eigenvalue weighted by Gasteiger charge is 2.17. The molecule has 1 amide bonds. The highest BCUT2D eigenvalue weighted by Crippen LogP contribution is 2.29. The minimum Gasteiger partial charge on any atom is -0.456 e. The number of hydrogen-bond donors (Lipinski definition) is 2. The van der Waals surface area contributed by atoms with Crippen LogP contribution in [-0.2, 0) is 0 Å². The number of piperidine rings is 1. The number of aromatic nitrogens is 1. The number of nitrogens with zero attached hydrogens (tertiary/aromatic N) is 1. The number of carbonyl (C=O) groups excluding carboxylic acids is 1. The van der Waals surface area contributed by atoms with Crippen molar-refractivity contribution in [1.82, 2.24) is 10.3 Å². The maximum atomic E-state index is 11.4. The van der Waals surface area contributed by atoms with E-state index in [-0.39, 0.29) is 0 Å². The van der Waals surface area contributed by atoms with Crippen molar-refractivity contribution in [2.24, 2.45) is 5.73 Å². The van der Waals surface area contributed by atoms with E-state index in [4.69, 9.17) is 10.5 Å². The summed E-state index contributed by atoms with van der Waals surface area (Å²) in [6.45, 7) is 2.03. The van der Waals surface area contributed by atoms with Crippen LogP contribution in [0.5, 0.6) is 11.5 Å². The molecule has 0 aliphatic carbocycles. The lowest BCUT2D eigenvalue weighted by atomic mass is 9.94. The Morgan fingerprint density at radius 2 is 2.00 bits per heavy atom. The second-order valence-corrected chi connectivity index (χ2v) is 5.40. The molecule has 0 radical (unpaired) electrons. The highest BCUT2D eigenvalue weighted by atomic mass is 16.5. The summed E-state index contributed by atoms with van der Waals surface area (Å²) in [4.78, 5) is 15.9. The van der Waals surface area contributed by atoms with Crippen LogP contribution in [0.4, 0.5) is 0 Å². The molecule has 3 rings (SSSR count). The first-order valence-electron chi connectivity index (χ1n) is 7.47. The number of carbonyl (C=O) groups is 1. The minimum absolute atomic E-state index is 0.378. The fraction of sp³-hybridized carbons (Fsp3) is 0.294. The van der Waals surface area contributed by atoms with Gasteiger partial charge in [-0.25, -0.2) is 0 Å². The molecule has 3 N–H and O–H groups in total. The van der Waals surface area contributed by atoms with Crippen LogP contribution in [0, 0.1) is 0 Å². The maximum Gasteiger partial charge on any atom is 0.252 e. The monoisotopic (exact) mass is 297 g/mol. The molecule has 0 spiro atoms. The molecule has 1 aliphatic heterocycles. The third-order valence-electron chi connectivity index (χ3n) is 3.89. The largest absolute Gasteiger partial charge is 0.456 e. The number of pyridine rings is 1. The summed E-state index contributed by atoms with van der Waals surface area (Å²) >= 11 is 0. The molecule has 1 saturated heterocycles. The van der Waals surface area contributed by atoms with Crippen molar-refractivity contribution in [3.63, 3.8) is 0 Å². The Morgan fingerprint density at radius 3 is 2.77 bits per heavy atom. The molecule has 0 unspecified atom stereocenters. The van der Waals surface area contributed by atoms with Crippen molar-refractivity contribution in [2.45, 2.75) is 18.8 Å². The van der Waals surface area contributed by atoms with E-state index in [9.17, 15) is 4.79 Å². The molecule has 5 nitrogen and oxygen atoms in total. The van der Waals surface area contributed by atoms with Crippen LogP contribution >= 0.6 is 0 Å². The van der Waals surface area contributed by atoms with Gasteiger partial charge in [-0.3, -0.25) is 9.78 Å². The number of para-hydroxylation sites is 1. The van der Waals surface area contributed by atoms with Gasteiger partial charge in [-0.1, -0.05) is 12.1 Å². The van der Waals surface area contributed by atoms with Crippen molar-refractivity contribution < 1.29 is 9.53 Å². The highest BCUT2D eigenvalue weighted by molar-refractivity contribution is 5.95. The molecule has 0 saturated carbocycles. The minimum atomic E-state index is -0.497. The van der Waals surface area contributed by atoms with Gasteiger partial charge in [0.1, 0.15) is 11.5 Å². The fourth-order valence-corrected chi connectivity index (χ4v) is 2.72. The second kappa shape index (κ2) is 6.58. The molecule has 5 heteroatoms. The summed E-state index contributed by atoms with van der Waals surface area (Å²) in [5.74, 6) is 1.11. The van der Waals surface area contributed by atoms with E-state index < -0.39 is 5.91 Å². The van der Waals surface area contributed by atoms with Gasteiger partial charge in [0.15, 0.2) is 0 Å². The Bertz CT molecular complexity index is 666.